The van der Waals surface area contributed by atoms with Crippen LogP contribution in [0.1, 0.15) is 20.9 Å². The van der Waals surface area contributed by atoms with E-state index in [4.69, 9.17) is 5.73 Å². The number of nitrogen functional groups attached to an aromatic ring is 1. The number of anilines is 2. The summed E-state index contributed by atoms with van der Waals surface area (Å²) in [6.07, 6.45) is 0.745. The van der Waals surface area contributed by atoms with Crippen LogP contribution in [-0.4, -0.2) is 17.4 Å². The first-order valence-corrected chi connectivity index (χ1v) is 6.71. The SMILES string of the molecule is Cc1nc(N)sc1C(=O)N1CCc2ccc(F)cc21. The lowest BCUT2D eigenvalue weighted by Crippen LogP contribution is -2.28. The highest BCUT2D eigenvalue weighted by molar-refractivity contribution is 7.17. The molecule has 98 valence electrons. The molecule has 2 heterocycles. The number of carbonyl (C=O) groups excluding carboxylic acids is 1. The summed E-state index contributed by atoms with van der Waals surface area (Å²) in [6.45, 7) is 2.32. The number of benzene rings is 1. The van der Waals surface area contributed by atoms with E-state index in [-0.39, 0.29) is 11.7 Å². The standard InChI is InChI=1S/C13H12FN3OS/c1-7-11(19-13(15)16-7)12(18)17-5-4-8-2-3-9(14)6-10(8)17/h2-3,6H,4-5H2,1H3,(H2,15,16). The quantitative estimate of drug-likeness (QED) is 0.870. The Bertz CT molecular complexity index is 668. The van der Waals surface area contributed by atoms with Gasteiger partial charge in [-0.2, -0.15) is 0 Å². The zero-order chi connectivity index (χ0) is 13.6. The largest absolute Gasteiger partial charge is 0.375 e. The maximum Gasteiger partial charge on any atom is 0.270 e. The molecule has 0 bridgehead atoms. The monoisotopic (exact) mass is 277 g/mol. The Kier molecular flexibility index (Phi) is 2.74. The molecule has 3 rings (SSSR count). The van der Waals surface area contributed by atoms with Crippen molar-refractivity contribution in [3.05, 3.63) is 40.2 Å². The van der Waals surface area contributed by atoms with Crippen LogP contribution in [0.4, 0.5) is 15.2 Å². The number of nitrogens with two attached hydrogens (primary N) is 1. The van der Waals surface area contributed by atoms with Crippen molar-refractivity contribution in [1.29, 1.82) is 0 Å². The van der Waals surface area contributed by atoms with Crippen molar-refractivity contribution in [1.82, 2.24) is 4.98 Å². The van der Waals surface area contributed by atoms with Crippen LogP contribution in [0.5, 0.6) is 0 Å². The number of thiazole rings is 1. The number of fused-ring (bicyclic) bond motifs is 1. The van der Waals surface area contributed by atoms with Crippen molar-refractivity contribution in [2.75, 3.05) is 17.2 Å². The number of hydrogen-bond acceptors (Lipinski definition) is 4. The van der Waals surface area contributed by atoms with E-state index < -0.39 is 0 Å². The van der Waals surface area contributed by atoms with Crippen molar-refractivity contribution >= 4 is 28.1 Å². The van der Waals surface area contributed by atoms with Gasteiger partial charge in [0.15, 0.2) is 5.13 Å². The summed E-state index contributed by atoms with van der Waals surface area (Å²) in [5, 5.41) is 0.375. The van der Waals surface area contributed by atoms with E-state index in [0.717, 1.165) is 12.0 Å². The summed E-state index contributed by atoms with van der Waals surface area (Å²) in [6, 6.07) is 4.55. The number of carbonyl (C=O) groups is 1. The van der Waals surface area contributed by atoms with Gasteiger partial charge in [-0.15, -0.1) is 0 Å². The summed E-state index contributed by atoms with van der Waals surface area (Å²) < 4.78 is 13.3. The number of amides is 1. The lowest BCUT2D eigenvalue weighted by molar-refractivity contribution is 0.0992. The molecule has 4 nitrogen and oxygen atoms in total. The normalized spacial score (nSPS) is 13.7. The maximum atomic E-state index is 13.3. The van der Waals surface area contributed by atoms with Crippen molar-refractivity contribution in [2.45, 2.75) is 13.3 Å². The summed E-state index contributed by atoms with van der Waals surface area (Å²) in [4.78, 5) is 18.6. The van der Waals surface area contributed by atoms with E-state index in [1.165, 1.54) is 23.5 Å². The molecule has 1 aromatic carbocycles. The molecule has 2 N–H and O–H groups in total. The van der Waals surface area contributed by atoms with Gasteiger partial charge >= 0.3 is 0 Å². The van der Waals surface area contributed by atoms with Gasteiger partial charge in [-0.05, 0) is 31.0 Å². The van der Waals surface area contributed by atoms with Crippen LogP contribution in [0.25, 0.3) is 0 Å². The van der Waals surface area contributed by atoms with Crippen molar-refractivity contribution in [2.24, 2.45) is 0 Å². The highest BCUT2D eigenvalue weighted by Crippen LogP contribution is 2.32. The molecule has 1 aliphatic rings. The van der Waals surface area contributed by atoms with Gasteiger partial charge in [0.25, 0.3) is 5.91 Å². The highest BCUT2D eigenvalue weighted by atomic mass is 32.1. The van der Waals surface area contributed by atoms with Crippen LogP contribution >= 0.6 is 11.3 Å². The maximum absolute atomic E-state index is 13.3. The zero-order valence-corrected chi connectivity index (χ0v) is 11.1. The van der Waals surface area contributed by atoms with Crippen molar-refractivity contribution < 1.29 is 9.18 Å². The molecule has 0 fully saturated rings. The third kappa shape index (κ3) is 1.98. The molecule has 0 unspecified atom stereocenters. The molecule has 1 aliphatic heterocycles. The Hall–Kier alpha value is -1.95. The summed E-state index contributed by atoms with van der Waals surface area (Å²) in [5.74, 6) is -0.491. The molecule has 2 aromatic rings. The predicted octanol–water partition coefficient (Wildman–Crippen LogP) is 2.38. The van der Waals surface area contributed by atoms with E-state index >= 15 is 0 Å². The third-order valence-electron chi connectivity index (χ3n) is 3.20. The second-order valence-corrected chi connectivity index (χ2v) is 5.48. The van der Waals surface area contributed by atoms with Gasteiger partial charge < -0.3 is 10.6 Å². The topological polar surface area (TPSA) is 59.2 Å². The number of aryl methyl sites for hydroxylation is 1. The molecule has 0 saturated carbocycles. The first-order valence-electron chi connectivity index (χ1n) is 5.89. The second kappa shape index (κ2) is 4.31. The van der Waals surface area contributed by atoms with Gasteiger partial charge in [-0.1, -0.05) is 17.4 Å². The number of nitrogens with zero attached hydrogens (tertiary/aromatic N) is 2. The van der Waals surface area contributed by atoms with E-state index in [9.17, 15) is 9.18 Å². The number of rotatable bonds is 1. The third-order valence-corrected chi connectivity index (χ3v) is 4.17. The molecular weight excluding hydrogens is 265 g/mol. The lowest BCUT2D eigenvalue weighted by Gasteiger charge is -2.16. The van der Waals surface area contributed by atoms with E-state index in [1.54, 1.807) is 17.9 Å². The van der Waals surface area contributed by atoms with Crippen LogP contribution in [0.3, 0.4) is 0 Å². The van der Waals surface area contributed by atoms with Crippen LogP contribution in [0.15, 0.2) is 18.2 Å². The molecule has 0 radical (unpaired) electrons. The second-order valence-electron chi connectivity index (χ2n) is 4.45. The fourth-order valence-electron chi connectivity index (χ4n) is 2.30. The molecule has 0 atom stereocenters. The molecule has 19 heavy (non-hydrogen) atoms. The molecule has 6 heteroatoms. The minimum absolute atomic E-state index is 0.156. The van der Waals surface area contributed by atoms with Crippen molar-refractivity contribution in [3.63, 3.8) is 0 Å². The summed E-state index contributed by atoms with van der Waals surface area (Å²) in [5.41, 5.74) is 7.87. The lowest BCUT2D eigenvalue weighted by atomic mass is 10.2. The van der Waals surface area contributed by atoms with Gasteiger partial charge in [0.05, 0.1) is 11.4 Å². The van der Waals surface area contributed by atoms with Gasteiger partial charge in [-0.3, -0.25) is 4.79 Å². The van der Waals surface area contributed by atoms with Crippen LogP contribution in [0, 0.1) is 12.7 Å². The predicted molar refractivity (Wildman–Crippen MR) is 73.0 cm³/mol. The highest BCUT2D eigenvalue weighted by Gasteiger charge is 2.28. The molecular formula is C13H12FN3OS. The first-order chi connectivity index (χ1) is 9.06. The molecule has 0 saturated heterocycles. The van der Waals surface area contributed by atoms with Crippen LogP contribution < -0.4 is 10.6 Å². The van der Waals surface area contributed by atoms with E-state index in [2.05, 4.69) is 4.98 Å². The molecule has 0 aliphatic carbocycles. The Morgan fingerprint density at radius 2 is 2.32 bits per heavy atom. The zero-order valence-electron chi connectivity index (χ0n) is 10.3. The Labute approximate surface area is 113 Å². The average Bonchev–Trinajstić information content (AvgIpc) is 2.91. The summed E-state index contributed by atoms with van der Waals surface area (Å²) in [7, 11) is 0. The molecule has 1 amide bonds. The fraction of sp³-hybridized carbons (Fsp3) is 0.231. The van der Waals surface area contributed by atoms with Gasteiger partial charge in [0.1, 0.15) is 10.7 Å². The van der Waals surface area contributed by atoms with Gasteiger partial charge in [-0.25, -0.2) is 9.37 Å². The first kappa shape index (κ1) is 12.1. The van der Waals surface area contributed by atoms with Gasteiger partial charge in [0, 0.05) is 6.54 Å². The smallest absolute Gasteiger partial charge is 0.270 e. The minimum atomic E-state index is -0.334. The Morgan fingerprint density at radius 1 is 1.53 bits per heavy atom. The average molecular weight is 277 g/mol. The van der Waals surface area contributed by atoms with Crippen molar-refractivity contribution in [3.8, 4) is 0 Å². The van der Waals surface area contributed by atoms with Crippen LogP contribution in [-0.2, 0) is 6.42 Å². The van der Waals surface area contributed by atoms with E-state index in [1.807, 2.05) is 0 Å². The number of halogens is 1. The minimum Gasteiger partial charge on any atom is -0.375 e. The number of hydrogen-bond donors (Lipinski definition) is 1. The summed E-state index contributed by atoms with van der Waals surface area (Å²) >= 11 is 1.17. The molecule has 1 aromatic heterocycles. The van der Waals surface area contributed by atoms with Crippen LogP contribution in [0.2, 0.25) is 0 Å². The Balaban J connectivity index is 2.00. The fourth-order valence-corrected chi connectivity index (χ4v) is 3.08. The molecule has 0 spiro atoms. The van der Waals surface area contributed by atoms with Gasteiger partial charge in [0.2, 0.25) is 0 Å². The Morgan fingerprint density at radius 3 is 3.00 bits per heavy atom. The number of aromatic nitrogens is 1. The van der Waals surface area contributed by atoms with E-state index in [0.29, 0.717) is 27.9 Å².